The molecule has 1 aromatic heterocycles. The SMILES string of the molecule is Cn1cncc1CN1CCC2(CC1)CC(=O)N(Cc1ccc(Cl)cc1)C2. The first-order valence-corrected chi connectivity index (χ1v) is 9.61. The molecule has 0 radical (unpaired) electrons. The van der Waals surface area contributed by atoms with Gasteiger partial charge in [-0.25, -0.2) is 4.98 Å². The quantitative estimate of drug-likeness (QED) is 0.828. The Hall–Kier alpha value is -1.85. The lowest BCUT2D eigenvalue weighted by Gasteiger charge is -2.38. The number of likely N-dealkylation sites (tertiary alicyclic amines) is 2. The van der Waals surface area contributed by atoms with E-state index in [4.69, 9.17) is 11.6 Å². The molecule has 1 spiro atoms. The molecule has 26 heavy (non-hydrogen) atoms. The van der Waals surface area contributed by atoms with Gasteiger partial charge in [0.25, 0.3) is 0 Å². The molecule has 0 N–H and O–H groups in total. The van der Waals surface area contributed by atoms with Gasteiger partial charge in [0.2, 0.25) is 5.91 Å². The normalized spacial score (nSPS) is 20.2. The van der Waals surface area contributed by atoms with Gasteiger partial charge in [-0.15, -0.1) is 0 Å². The first-order valence-electron chi connectivity index (χ1n) is 9.23. The number of amides is 1. The van der Waals surface area contributed by atoms with Gasteiger partial charge >= 0.3 is 0 Å². The van der Waals surface area contributed by atoms with Crippen molar-refractivity contribution in [1.82, 2.24) is 19.4 Å². The summed E-state index contributed by atoms with van der Waals surface area (Å²) < 4.78 is 2.08. The largest absolute Gasteiger partial charge is 0.338 e. The summed E-state index contributed by atoms with van der Waals surface area (Å²) in [6, 6.07) is 7.81. The van der Waals surface area contributed by atoms with Gasteiger partial charge < -0.3 is 9.47 Å². The molecule has 2 aromatic rings. The van der Waals surface area contributed by atoms with Crippen LogP contribution in [0.2, 0.25) is 5.02 Å². The van der Waals surface area contributed by atoms with Crippen molar-refractivity contribution in [1.29, 1.82) is 0 Å². The van der Waals surface area contributed by atoms with Crippen molar-refractivity contribution in [2.45, 2.75) is 32.4 Å². The summed E-state index contributed by atoms with van der Waals surface area (Å²) in [6.45, 7) is 4.61. The van der Waals surface area contributed by atoms with E-state index < -0.39 is 0 Å². The number of aryl methyl sites for hydroxylation is 1. The fourth-order valence-electron chi connectivity index (χ4n) is 4.22. The van der Waals surface area contributed by atoms with E-state index in [2.05, 4.69) is 14.5 Å². The molecule has 2 aliphatic heterocycles. The minimum absolute atomic E-state index is 0.159. The second-order valence-corrected chi connectivity index (χ2v) is 8.26. The molecule has 2 saturated heterocycles. The Morgan fingerprint density at radius 2 is 1.88 bits per heavy atom. The number of imidazole rings is 1. The topological polar surface area (TPSA) is 41.4 Å². The molecule has 2 aliphatic rings. The summed E-state index contributed by atoms with van der Waals surface area (Å²) in [4.78, 5) is 21.3. The van der Waals surface area contributed by atoms with Gasteiger partial charge in [-0.3, -0.25) is 9.69 Å². The van der Waals surface area contributed by atoms with Crippen LogP contribution < -0.4 is 0 Å². The molecule has 0 bridgehead atoms. The van der Waals surface area contributed by atoms with E-state index in [1.54, 1.807) is 0 Å². The van der Waals surface area contributed by atoms with Crippen LogP contribution in [0.4, 0.5) is 0 Å². The molecule has 0 saturated carbocycles. The second kappa shape index (κ2) is 7.05. The number of halogens is 1. The number of hydrogen-bond acceptors (Lipinski definition) is 3. The molecular formula is C20H25ClN4O. The standard InChI is InChI=1S/C20H25ClN4O/c1-23-15-22-11-18(23)13-24-8-6-20(7-9-24)10-19(26)25(14-20)12-16-2-4-17(21)5-3-16/h2-5,11,15H,6-10,12-14H2,1H3. The Labute approximate surface area is 159 Å². The van der Waals surface area contributed by atoms with Crippen LogP contribution in [0.5, 0.6) is 0 Å². The summed E-state index contributed by atoms with van der Waals surface area (Å²) in [6.07, 6.45) is 6.67. The van der Waals surface area contributed by atoms with Crippen LogP contribution in [0.1, 0.15) is 30.5 Å². The second-order valence-electron chi connectivity index (χ2n) is 7.83. The molecule has 3 heterocycles. The summed E-state index contributed by atoms with van der Waals surface area (Å²) in [5.74, 6) is 0.292. The molecule has 0 unspecified atom stereocenters. The highest BCUT2D eigenvalue weighted by Crippen LogP contribution is 2.41. The van der Waals surface area contributed by atoms with Gasteiger partial charge in [-0.2, -0.15) is 0 Å². The zero-order valence-corrected chi connectivity index (χ0v) is 16.0. The lowest BCUT2D eigenvalue weighted by atomic mass is 9.77. The molecule has 5 nitrogen and oxygen atoms in total. The third-order valence-electron chi connectivity index (χ3n) is 5.91. The molecular weight excluding hydrogens is 348 g/mol. The zero-order valence-electron chi connectivity index (χ0n) is 15.2. The summed E-state index contributed by atoms with van der Waals surface area (Å²) in [7, 11) is 2.04. The summed E-state index contributed by atoms with van der Waals surface area (Å²) in [5.41, 5.74) is 2.55. The Bertz CT molecular complexity index is 777. The smallest absolute Gasteiger partial charge is 0.223 e. The van der Waals surface area contributed by atoms with Crippen LogP contribution in [-0.4, -0.2) is 44.9 Å². The zero-order chi connectivity index (χ0) is 18.1. The van der Waals surface area contributed by atoms with Crippen LogP contribution in [0.3, 0.4) is 0 Å². The van der Waals surface area contributed by atoms with Gasteiger partial charge in [-0.1, -0.05) is 23.7 Å². The first kappa shape index (κ1) is 17.6. The van der Waals surface area contributed by atoms with Crippen molar-refractivity contribution < 1.29 is 4.79 Å². The highest BCUT2D eigenvalue weighted by molar-refractivity contribution is 6.30. The van der Waals surface area contributed by atoms with E-state index >= 15 is 0 Å². The van der Waals surface area contributed by atoms with Crippen molar-refractivity contribution in [2.24, 2.45) is 12.5 Å². The van der Waals surface area contributed by atoms with Gasteiger partial charge in [0.1, 0.15) is 0 Å². The van der Waals surface area contributed by atoms with Crippen molar-refractivity contribution in [3.05, 3.63) is 53.1 Å². The molecule has 1 aromatic carbocycles. The Kier molecular flexibility index (Phi) is 4.76. The number of piperidine rings is 1. The average molecular weight is 373 g/mol. The fourth-order valence-corrected chi connectivity index (χ4v) is 4.35. The van der Waals surface area contributed by atoms with Crippen molar-refractivity contribution in [2.75, 3.05) is 19.6 Å². The number of carbonyl (C=O) groups excluding carboxylic acids is 1. The maximum atomic E-state index is 12.6. The molecule has 4 rings (SSSR count). The Morgan fingerprint density at radius 1 is 1.15 bits per heavy atom. The van der Waals surface area contributed by atoms with Crippen molar-refractivity contribution >= 4 is 17.5 Å². The predicted molar refractivity (Wildman–Crippen MR) is 102 cm³/mol. The number of rotatable bonds is 4. The van der Waals surface area contributed by atoms with Gasteiger partial charge in [0.05, 0.1) is 12.0 Å². The van der Waals surface area contributed by atoms with E-state index in [1.807, 2.05) is 48.7 Å². The fraction of sp³-hybridized carbons (Fsp3) is 0.500. The van der Waals surface area contributed by atoms with Crippen LogP contribution in [-0.2, 0) is 24.9 Å². The highest BCUT2D eigenvalue weighted by atomic mass is 35.5. The van der Waals surface area contributed by atoms with Crippen LogP contribution in [0.25, 0.3) is 0 Å². The minimum Gasteiger partial charge on any atom is -0.338 e. The summed E-state index contributed by atoms with van der Waals surface area (Å²) >= 11 is 5.96. The lowest BCUT2D eigenvalue weighted by Crippen LogP contribution is -2.41. The Balaban J connectivity index is 1.35. The van der Waals surface area contributed by atoms with E-state index in [1.165, 1.54) is 5.69 Å². The number of hydrogen-bond donors (Lipinski definition) is 0. The maximum absolute atomic E-state index is 12.6. The predicted octanol–water partition coefficient (Wildman–Crippen LogP) is 3.09. The maximum Gasteiger partial charge on any atom is 0.223 e. The monoisotopic (exact) mass is 372 g/mol. The number of benzene rings is 1. The Morgan fingerprint density at radius 3 is 2.54 bits per heavy atom. The first-order chi connectivity index (χ1) is 12.5. The highest BCUT2D eigenvalue weighted by Gasteiger charge is 2.44. The number of nitrogens with zero attached hydrogens (tertiary/aromatic N) is 4. The molecule has 0 atom stereocenters. The minimum atomic E-state index is 0.159. The van der Waals surface area contributed by atoms with E-state index in [-0.39, 0.29) is 5.41 Å². The molecule has 1 amide bonds. The van der Waals surface area contributed by atoms with E-state index in [0.29, 0.717) is 18.9 Å². The van der Waals surface area contributed by atoms with Crippen molar-refractivity contribution in [3.63, 3.8) is 0 Å². The van der Waals surface area contributed by atoms with E-state index in [0.717, 1.165) is 49.6 Å². The molecule has 6 heteroatoms. The van der Waals surface area contributed by atoms with Crippen LogP contribution in [0.15, 0.2) is 36.8 Å². The molecule has 138 valence electrons. The average Bonchev–Trinajstić information content (AvgIpc) is 3.16. The third kappa shape index (κ3) is 3.64. The number of carbonyl (C=O) groups is 1. The van der Waals surface area contributed by atoms with Gasteiger partial charge in [-0.05, 0) is 49.0 Å². The van der Waals surface area contributed by atoms with Crippen molar-refractivity contribution in [3.8, 4) is 0 Å². The van der Waals surface area contributed by atoms with Gasteiger partial charge in [0.15, 0.2) is 0 Å². The van der Waals surface area contributed by atoms with Crippen LogP contribution in [0, 0.1) is 5.41 Å². The molecule has 2 fully saturated rings. The lowest BCUT2D eigenvalue weighted by molar-refractivity contribution is -0.128. The van der Waals surface area contributed by atoms with E-state index in [9.17, 15) is 4.79 Å². The number of aromatic nitrogens is 2. The summed E-state index contributed by atoms with van der Waals surface area (Å²) in [5, 5.41) is 0.735. The van der Waals surface area contributed by atoms with Gasteiger partial charge in [0, 0.05) is 44.3 Å². The van der Waals surface area contributed by atoms with Crippen LogP contribution >= 0.6 is 11.6 Å². The third-order valence-corrected chi connectivity index (χ3v) is 6.16. The molecule has 0 aliphatic carbocycles.